The number of nitrogens with two attached hydrogens (primary N) is 1. The number of nitrogens with one attached hydrogen (secondary N) is 1. The molecule has 0 unspecified atom stereocenters. The maximum absolute atomic E-state index is 11.9. The van der Waals surface area contributed by atoms with Gasteiger partial charge in [-0.2, -0.15) is 0 Å². The zero-order valence-electron chi connectivity index (χ0n) is 12.3. The number of hydrogen-bond acceptors (Lipinski definition) is 3. The molecule has 0 aliphatic heterocycles. The van der Waals surface area contributed by atoms with E-state index in [1.807, 2.05) is 18.2 Å². The molecule has 1 amide bonds. The highest BCUT2D eigenvalue weighted by Gasteiger charge is 2.05. The molecular weight excluding hydrogens is 280 g/mol. The maximum Gasteiger partial charge on any atom is 0.225 e. The number of carbonyl (C=O) groups is 1. The van der Waals surface area contributed by atoms with Crippen LogP contribution in [0, 0.1) is 13.8 Å². The van der Waals surface area contributed by atoms with E-state index in [1.165, 1.54) is 16.0 Å². The van der Waals surface area contributed by atoms with Crippen LogP contribution in [0.15, 0.2) is 47.4 Å². The summed E-state index contributed by atoms with van der Waals surface area (Å²) in [7, 11) is 0. The molecule has 0 spiro atoms. The van der Waals surface area contributed by atoms with Gasteiger partial charge in [0.2, 0.25) is 5.91 Å². The molecule has 0 fully saturated rings. The largest absolute Gasteiger partial charge is 0.397 e. The zero-order valence-corrected chi connectivity index (χ0v) is 13.2. The third kappa shape index (κ3) is 4.53. The lowest BCUT2D eigenvalue weighted by molar-refractivity contribution is -0.115. The van der Waals surface area contributed by atoms with Crippen LogP contribution in [-0.2, 0) is 4.79 Å². The van der Waals surface area contributed by atoms with Crippen molar-refractivity contribution in [1.82, 2.24) is 0 Å². The molecule has 0 aliphatic carbocycles. The number of para-hydroxylation sites is 2. The number of rotatable bonds is 5. The number of nitrogen functional groups attached to an aromatic ring is 1. The quantitative estimate of drug-likeness (QED) is 0.648. The summed E-state index contributed by atoms with van der Waals surface area (Å²) >= 11 is 1.69. The fourth-order valence-electron chi connectivity index (χ4n) is 1.89. The fraction of sp³-hybridized carbons (Fsp3) is 0.235. The van der Waals surface area contributed by atoms with Crippen LogP contribution in [0.1, 0.15) is 17.5 Å². The van der Waals surface area contributed by atoms with Crippen LogP contribution in [0.5, 0.6) is 0 Å². The summed E-state index contributed by atoms with van der Waals surface area (Å²) in [5.41, 5.74) is 9.64. The molecule has 3 N–H and O–H groups in total. The summed E-state index contributed by atoms with van der Waals surface area (Å²) in [4.78, 5) is 13.1. The van der Waals surface area contributed by atoms with Crippen molar-refractivity contribution in [2.24, 2.45) is 0 Å². The van der Waals surface area contributed by atoms with Crippen molar-refractivity contribution in [3.05, 3.63) is 53.6 Å². The van der Waals surface area contributed by atoms with Crippen LogP contribution in [0.25, 0.3) is 0 Å². The lowest BCUT2D eigenvalue weighted by Crippen LogP contribution is -2.13. The highest BCUT2D eigenvalue weighted by molar-refractivity contribution is 7.99. The first-order valence-corrected chi connectivity index (χ1v) is 7.89. The molecule has 0 saturated heterocycles. The smallest absolute Gasteiger partial charge is 0.225 e. The minimum atomic E-state index is -0.00997. The Balaban J connectivity index is 1.82. The van der Waals surface area contributed by atoms with Crippen LogP contribution in [0.2, 0.25) is 0 Å². The average Bonchev–Trinajstić information content (AvgIpc) is 2.45. The molecule has 0 aromatic heterocycles. The molecule has 3 nitrogen and oxygen atoms in total. The number of hydrogen-bond donors (Lipinski definition) is 2. The Kier molecular flexibility index (Phi) is 5.28. The molecule has 21 heavy (non-hydrogen) atoms. The third-order valence-electron chi connectivity index (χ3n) is 3.31. The Labute approximate surface area is 129 Å². The predicted octanol–water partition coefficient (Wildman–Crippen LogP) is 4.01. The van der Waals surface area contributed by atoms with Gasteiger partial charge in [0.05, 0.1) is 11.4 Å². The summed E-state index contributed by atoms with van der Waals surface area (Å²) in [6.45, 7) is 4.20. The van der Waals surface area contributed by atoms with Crippen molar-refractivity contribution in [3.63, 3.8) is 0 Å². The highest BCUT2D eigenvalue weighted by atomic mass is 32.2. The van der Waals surface area contributed by atoms with Gasteiger partial charge in [-0.1, -0.05) is 18.2 Å². The lowest BCUT2D eigenvalue weighted by atomic mass is 10.1. The van der Waals surface area contributed by atoms with Gasteiger partial charge in [-0.15, -0.1) is 11.8 Å². The van der Waals surface area contributed by atoms with Gasteiger partial charge in [-0.25, -0.2) is 0 Å². The van der Waals surface area contributed by atoms with Gasteiger partial charge in [0.1, 0.15) is 0 Å². The number of benzene rings is 2. The Morgan fingerprint density at radius 2 is 1.90 bits per heavy atom. The minimum absolute atomic E-state index is 0.00997. The van der Waals surface area contributed by atoms with Crippen LogP contribution >= 0.6 is 11.8 Å². The van der Waals surface area contributed by atoms with E-state index in [4.69, 9.17) is 5.73 Å². The van der Waals surface area contributed by atoms with E-state index in [0.717, 1.165) is 5.75 Å². The highest BCUT2D eigenvalue weighted by Crippen LogP contribution is 2.22. The molecule has 0 atom stereocenters. The summed E-state index contributed by atoms with van der Waals surface area (Å²) in [5, 5.41) is 2.84. The first-order chi connectivity index (χ1) is 10.1. The molecule has 0 bridgehead atoms. The summed E-state index contributed by atoms with van der Waals surface area (Å²) in [5.74, 6) is 0.741. The number of carbonyl (C=O) groups excluding carboxylic acids is 1. The summed E-state index contributed by atoms with van der Waals surface area (Å²) in [6.07, 6.45) is 0.464. The zero-order chi connectivity index (χ0) is 15.2. The topological polar surface area (TPSA) is 55.1 Å². The van der Waals surface area contributed by atoms with E-state index in [2.05, 4.69) is 37.4 Å². The minimum Gasteiger partial charge on any atom is -0.397 e. The van der Waals surface area contributed by atoms with Crippen molar-refractivity contribution in [2.45, 2.75) is 25.2 Å². The summed E-state index contributed by atoms with van der Waals surface area (Å²) < 4.78 is 0. The number of aryl methyl sites for hydroxylation is 2. The van der Waals surface area contributed by atoms with Crippen molar-refractivity contribution >= 4 is 29.0 Å². The van der Waals surface area contributed by atoms with Crippen molar-refractivity contribution < 1.29 is 4.79 Å². The third-order valence-corrected chi connectivity index (χ3v) is 4.31. The number of thioether (sulfide) groups is 1. The van der Waals surface area contributed by atoms with Gasteiger partial charge in [-0.05, 0) is 49.2 Å². The summed E-state index contributed by atoms with van der Waals surface area (Å²) in [6, 6.07) is 13.7. The van der Waals surface area contributed by atoms with E-state index in [9.17, 15) is 4.79 Å². The van der Waals surface area contributed by atoms with E-state index in [1.54, 1.807) is 17.8 Å². The maximum atomic E-state index is 11.9. The number of anilines is 2. The Morgan fingerprint density at radius 1 is 1.14 bits per heavy atom. The van der Waals surface area contributed by atoms with E-state index < -0.39 is 0 Å². The molecular formula is C17H20N2OS. The Hall–Kier alpha value is -1.94. The standard InChI is InChI=1S/C17H20N2OS/c1-12-7-8-14(11-13(12)2)21-10-9-17(20)19-16-6-4-3-5-15(16)18/h3-8,11H,9-10,18H2,1-2H3,(H,19,20). The molecule has 2 rings (SSSR count). The normalized spacial score (nSPS) is 10.4. The second-order valence-electron chi connectivity index (χ2n) is 4.98. The Bertz CT molecular complexity index is 640. The lowest BCUT2D eigenvalue weighted by Gasteiger charge is -2.08. The molecule has 0 radical (unpaired) electrons. The molecule has 2 aromatic rings. The van der Waals surface area contributed by atoms with Gasteiger partial charge in [0.15, 0.2) is 0 Å². The fourth-order valence-corrected chi connectivity index (χ4v) is 2.84. The van der Waals surface area contributed by atoms with Gasteiger partial charge < -0.3 is 11.1 Å². The van der Waals surface area contributed by atoms with Gasteiger partial charge in [0.25, 0.3) is 0 Å². The molecule has 0 saturated carbocycles. The number of amides is 1. The van der Waals surface area contributed by atoms with E-state index >= 15 is 0 Å². The van der Waals surface area contributed by atoms with Gasteiger partial charge in [0, 0.05) is 17.1 Å². The second kappa shape index (κ2) is 7.18. The molecule has 110 valence electrons. The monoisotopic (exact) mass is 300 g/mol. The van der Waals surface area contributed by atoms with E-state index in [-0.39, 0.29) is 5.91 Å². The van der Waals surface area contributed by atoms with Crippen LogP contribution in [0.3, 0.4) is 0 Å². The molecule has 0 aliphatic rings. The molecule has 0 heterocycles. The van der Waals surface area contributed by atoms with Crippen LogP contribution in [0.4, 0.5) is 11.4 Å². The average molecular weight is 300 g/mol. The predicted molar refractivity (Wildman–Crippen MR) is 90.7 cm³/mol. The Morgan fingerprint density at radius 3 is 2.62 bits per heavy atom. The molecule has 2 aromatic carbocycles. The molecule has 4 heteroatoms. The van der Waals surface area contributed by atoms with Crippen LogP contribution < -0.4 is 11.1 Å². The van der Waals surface area contributed by atoms with Gasteiger partial charge in [-0.3, -0.25) is 4.79 Å². The van der Waals surface area contributed by atoms with E-state index in [0.29, 0.717) is 17.8 Å². The van der Waals surface area contributed by atoms with Crippen LogP contribution in [-0.4, -0.2) is 11.7 Å². The van der Waals surface area contributed by atoms with Crippen molar-refractivity contribution in [1.29, 1.82) is 0 Å². The van der Waals surface area contributed by atoms with Crippen molar-refractivity contribution in [3.8, 4) is 0 Å². The first kappa shape index (κ1) is 15.4. The first-order valence-electron chi connectivity index (χ1n) is 6.90. The van der Waals surface area contributed by atoms with Crippen molar-refractivity contribution in [2.75, 3.05) is 16.8 Å². The van der Waals surface area contributed by atoms with Gasteiger partial charge >= 0.3 is 0 Å². The SMILES string of the molecule is Cc1ccc(SCCC(=O)Nc2ccccc2N)cc1C. The second-order valence-corrected chi connectivity index (χ2v) is 6.15.